The summed E-state index contributed by atoms with van der Waals surface area (Å²) >= 11 is 0. The normalized spacial score (nSPS) is 13.9. The van der Waals surface area contributed by atoms with Crippen molar-refractivity contribution in [2.45, 2.75) is 19.9 Å². The minimum atomic E-state index is 0.633. The quantitative estimate of drug-likeness (QED) is 0.794. The van der Waals surface area contributed by atoms with Crippen LogP contribution >= 0.6 is 0 Å². The van der Waals surface area contributed by atoms with E-state index in [0.717, 1.165) is 18.7 Å². The maximum atomic E-state index is 5.82. The first-order valence-electron chi connectivity index (χ1n) is 6.42. The number of rotatable bonds is 2. The zero-order valence-electron chi connectivity index (χ0n) is 10.6. The molecule has 0 aromatic heterocycles. The minimum absolute atomic E-state index is 0.633. The Labute approximate surface area is 108 Å². The van der Waals surface area contributed by atoms with E-state index in [-0.39, 0.29) is 0 Å². The highest BCUT2D eigenvalue weighted by molar-refractivity contribution is 5.55. The third-order valence-electron chi connectivity index (χ3n) is 3.42. The molecule has 0 amide bonds. The lowest BCUT2D eigenvalue weighted by atomic mass is 10.1. The molecule has 0 fully saturated rings. The van der Waals surface area contributed by atoms with E-state index < -0.39 is 0 Å². The summed E-state index contributed by atoms with van der Waals surface area (Å²) in [7, 11) is 0. The first-order chi connectivity index (χ1) is 8.88. The van der Waals surface area contributed by atoms with Gasteiger partial charge in [0.05, 0.1) is 0 Å². The molecule has 2 heteroatoms. The van der Waals surface area contributed by atoms with Crippen molar-refractivity contribution in [2.75, 3.05) is 11.6 Å². The van der Waals surface area contributed by atoms with Crippen molar-refractivity contribution in [3.8, 4) is 5.75 Å². The molecule has 1 aliphatic rings. The summed E-state index contributed by atoms with van der Waals surface area (Å²) in [5, 5.41) is 0. The Hall–Kier alpha value is -1.96. The Morgan fingerprint density at radius 1 is 1.06 bits per heavy atom. The van der Waals surface area contributed by atoms with E-state index in [1.165, 1.54) is 16.8 Å². The predicted octanol–water partition coefficient (Wildman–Crippen LogP) is 3.61. The Balaban J connectivity index is 1.92. The molecule has 0 aliphatic carbocycles. The third kappa shape index (κ3) is 1.94. The van der Waals surface area contributed by atoms with Crippen molar-refractivity contribution in [2.24, 2.45) is 0 Å². The highest BCUT2D eigenvalue weighted by Gasteiger charge is 2.18. The van der Waals surface area contributed by atoms with Crippen LogP contribution in [0.2, 0.25) is 0 Å². The molecule has 2 nitrogen and oxygen atoms in total. The van der Waals surface area contributed by atoms with Gasteiger partial charge in [-0.3, -0.25) is 0 Å². The molecule has 0 bridgehead atoms. The third-order valence-corrected chi connectivity index (χ3v) is 3.42. The summed E-state index contributed by atoms with van der Waals surface area (Å²) in [6.07, 6.45) is 1.05. The molecule has 2 aromatic carbocycles. The average molecular weight is 239 g/mol. The smallest absolute Gasteiger partial charge is 0.161 e. The number of hydrogen-bond acceptors (Lipinski definition) is 2. The van der Waals surface area contributed by atoms with Gasteiger partial charge in [0, 0.05) is 17.8 Å². The lowest BCUT2D eigenvalue weighted by Gasteiger charge is -2.32. The number of nitrogens with zero attached hydrogens (tertiary/aromatic N) is 1. The van der Waals surface area contributed by atoms with Crippen LogP contribution in [-0.4, -0.2) is 6.73 Å². The zero-order valence-corrected chi connectivity index (χ0v) is 10.6. The molecule has 0 saturated carbocycles. The summed E-state index contributed by atoms with van der Waals surface area (Å²) in [5.74, 6) is 1.02. The Morgan fingerprint density at radius 2 is 1.83 bits per heavy atom. The number of para-hydroxylation sites is 2. The number of hydrogen-bond donors (Lipinski definition) is 0. The maximum Gasteiger partial charge on any atom is 0.161 e. The lowest BCUT2D eigenvalue weighted by Crippen LogP contribution is -2.32. The second kappa shape index (κ2) is 4.73. The van der Waals surface area contributed by atoms with Crippen LogP contribution in [0.4, 0.5) is 5.69 Å². The fourth-order valence-corrected chi connectivity index (χ4v) is 2.45. The topological polar surface area (TPSA) is 12.5 Å². The van der Waals surface area contributed by atoms with Crippen molar-refractivity contribution in [3.05, 3.63) is 59.7 Å². The van der Waals surface area contributed by atoms with Gasteiger partial charge in [-0.1, -0.05) is 43.3 Å². The van der Waals surface area contributed by atoms with E-state index in [1.807, 2.05) is 12.1 Å². The van der Waals surface area contributed by atoms with Gasteiger partial charge in [0.15, 0.2) is 6.73 Å². The van der Waals surface area contributed by atoms with E-state index >= 15 is 0 Å². The molecular formula is C16H17NO. The highest BCUT2D eigenvalue weighted by Crippen LogP contribution is 2.29. The van der Waals surface area contributed by atoms with Crippen LogP contribution in [0.25, 0.3) is 0 Å². The van der Waals surface area contributed by atoms with Gasteiger partial charge in [-0.25, -0.2) is 0 Å². The van der Waals surface area contributed by atoms with Crippen molar-refractivity contribution < 1.29 is 4.74 Å². The first kappa shape index (κ1) is 11.1. The molecule has 18 heavy (non-hydrogen) atoms. The second-order valence-electron chi connectivity index (χ2n) is 4.56. The molecule has 0 unspecified atom stereocenters. The molecule has 1 heterocycles. The monoisotopic (exact) mass is 239 g/mol. The molecule has 0 saturated heterocycles. The number of anilines is 1. The van der Waals surface area contributed by atoms with Gasteiger partial charge in [-0.2, -0.15) is 0 Å². The molecule has 0 atom stereocenters. The van der Waals surface area contributed by atoms with Crippen LogP contribution in [0.15, 0.2) is 48.5 Å². The Morgan fingerprint density at radius 3 is 2.72 bits per heavy atom. The second-order valence-corrected chi connectivity index (χ2v) is 4.56. The number of ether oxygens (including phenoxy) is 1. The van der Waals surface area contributed by atoms with Crippen molar-refractivity contribution in [3.63, 3.8) is 0 Å². The Kier molecular flexibility index (Phi) is 2.93. The van der Waals surface area contributed by atoms with E-state index in [0.29, 0.717) is 6.73 Å². The predicted molar refractivity (Wildman–Crippen MR) is 73.9 cm³/mol. The average Bonchev–Trinajstić information content (AvgIpc) is 2.46. The van der Waals surface area contributed by atoms with Gasteiger partial charge < -0.3 is 9.64 Å². The van der Waals surface area contributed by atoms with E-state index in [9.17, 15) is 0 Å². The molecule has 0 spiro atoms. The summed E-state index contributed by atoms with van der Waals surface area (Å²) in [6.45, 7) is 3.75. The van der Waals surface area contributed by atoms with E-state index in [2.05, 4.69) is 48.2 Å². The van der Waals surface area contributed by atoms with Gasteiger partial charge >= 0.3 is 0 Å². The van der Waals surface area contributed by atoms with Crippen molar-refractivity contribution >= 4 is 5.69 Å². The summed E-state index contributed by atoms with van der Waals surface area (Å²) in [5.41, 5.74) is 3.92. The molecule has 92 valence electrons. The van der Waals surface area contributed by atoms with Gasteiger partial charge in [-0.05, 0) is 24.1 Å². The number of fused-ring (bicyclic) bond motifs is 1. The van der Waals surface area contributed by atoms with E-state index in [1.54, 1.807) is 0 Å². The van der Waals surface area contributed by atoms with Crippen LogP contribution in [0.1, 0.15) is 18.1 Å². The van der Waals surface area contributed by atoms with Gasteiger partial charge in [0.25, 0.3) is 0 Å². The van der Waals surface area contributed by atoms with Gasteiger partial charge in [-0.15, -0.1) is 0 Å². The lowest BCUT2D eigenvalue weighted by molar-refractivity contribution is 0.289. The van der Waals surface area contributed by atoms with Crippen molar-refractivity contribution in [1.29, 1.82) is 0 Å². The summed E-state index contributed by atoms with van der Waals surface area (Å²) in [4.78, 5) is 2.29. The largest absolute Gasteiger partial charge is 0.473 e. The van der Waals surface area contributed by atoms with E-state index in [4.69, 9.17) is 4.74 Å². The van der Waals surface area contributed by atoms with Crippen LogP contribution in [0.3, 0.4) is 0 Å². The van der Waals surface area contributed by atoms with Gasteiger partial charge in [0.1, 0.15) is 5.75 Å². The molecule has 0 radical (unpaired) electrons. The SMILES string of the molecule is CCc1ccccc1N1COc2ccccc2C1. The highest BCUT2D eigenvalue weighted by atomic mass is 16.5. The fraction of sp³-hybridized carbons (Fsp3) is 0.250. The van der Waals surface area contributed by atoms with Gasteiger partial charge in [0.2, 0.25) is 0 Å². The number of benzene rings is 2. The molecule has 2 aromatic rings. The first-order valence-corrected chi connectivity index (χ1v) is 6.42. The fourth-order valence-electron chi connectivity index (χ4n) is 2.45. The number of aryl methyl sites for hydroxylation is 1. The molecule has 0 N–H and O–H groups in total. The Bertz CT molecular complexity index is 550. The standard InChI is InChI=1S/C16H17NO/c1-2-13-7-3-5-9-15(13)17-11-14-8-4-6-10-16(14)18-12-17/h3-10H,2,11-12H2,1H3. The zero-order chi connectivity index (χ0) is 12.4. The molecular weight excluding hydrogens is 222 g/mol. The minimum Gasteiger partial charge on any atom is -0.473 e. The molecule has 3 rings (SSSR count). The van der Waals surface area contributed by atoms with Crippen molar-refractivity contribution in [1.82, 2.24) is 0 Å². The van der Waals surface area contributed by atoms with Crippen LogP contribution in [0.5, 0.6) is 5.75 Å². The molecule has 1 aliphatic heterocycles. The van der Waals surface area contributed by atoms with Crippen LogP contribution in [-0.2, 0) is 13.0 Å². The van der Waals surface area contributed by atoms with Crippen LogP contribution < -0.4 is 9.64 Å². The van der Waals surface area contributed by atoms with Crippen LogP contribution in [0, 0.1) is 0 Å². The summed E-state index contributed by atoms with van der Waals surface area (Å²) in [6, 6.07) is 16.8. The maximum absolute atomic E-state index is 5.82. The summed E-state index contributed by atoms with van der Waals surface area (Å²) < 4.78 is 5.82.